The zero-order chi connectivity index (χ0) is 17.7. The second-order valence-corrected chi connectivity index (χ2v) is 5.42. The molecule has 1 aromatic rings. The molecule has 1 aliphatic heterocycles. The van der Waals surface area contributed by atoms with Crippen molar-refractivity contribution in [3.8, 4) is 0 Å². The van der Waals surface area contributed by atoms with Gasteiger partial charge in [0.25, 0.3) is 5.91 Å². The number of rotatable bonds is 7. The second-order valence-electron chi connectivity index (χ2n) is 5.42. The Morgan fingerprint density at radius 2 is 1.96 bits per heavy atom. The van der Waals surface area contributed by atoms with Crippen molar-refractivity contribution in [2.24, 2.45) is 0 Å². The van der Waals surface area contributed by atoms with Crippen LogP contribution < -0.4 is 5.73 Å². The number of nitrogen functional groups attached to an aromatic ring is 1. The van der Waals surface area contributed by atoms with Crippen LogP contribution in [0.2, 0.25) is 0 Å². The van der Waals surface area contributed by atoms with E-state index >= 15 is 0 Å². The highest BCUT2D eigenvalue weighted by molar-refractivity contribution is 6.02. The fourth-order valence-corrected chi connectivity index (χ4v) is 2.76. The highest BCUT2D eigenvalue weighted by Gasteiger charge is 2.38. The summed E-state index contributed by atoms with van der Waals surface area (Å²) in [5.41, 5.74) is 7.62. The number of hydrogen-bond donors (Lipinski definition) is 1. The highest BCUT2D eigenvalue weighted by Crippen LogP contribution is 2.30. The van der Waals surface area contributed by atoms with Crippen LogP contribution >= 0.6 is 0 Å². The van der Waals surface area contributed by atoms with Crippen molar-refractivity contribution in [2.45, 2.75) is 39.3 Å². The van der Waals surface area contributed by atoms with Gasteiger partial charge in [0.1, 0.15) is 6.04 Å². The smallest absolute Gasteiger partial charge is 0.328 e. The van der Waals surface area contributed by atoms with Crippen LogP contribution in [0.4, 0.5) is 5.69 Å². The molecule has 24 heavy (non-hydrogen) atoms. The molecule has 0 aromatic heterocycles. The Bertz CT molecular complexity index is 644. The molecule has 7 heteroatoms. The van der Waals surface area contributed by atoms with Gasteiger partial charge in [0, 0.05) is 29.8 Å². The van der Waals surface area contributed by atoms with Gasteiger partial charge in [-0.05, 0) is 32.4 Å². The average molecular weight is 334 g/mol. The van der Waals surface area contributed by atoms with Crippen LogP contribution in [0.5, 0.6) is 0 Å². The summed E-state index contributed by atoms with van der Waals surface area (Å²) in [4.78, 5) is 37.9. The largest absolute Gasteiger partial charge is 0.466 e. The van der Waals surface area contributed by atoms with Gasteiger partial charge in [-0.15, -0.1) is 0 Å². The third-order valence-corrected chi connectivity index (χ3v) is 3.89. The number of carbonyl (C=O) groups is 3. The summed E-state index contributed by atoms with van der Waals surface area (Å²) in [5.74, 6) is -1.21. The Kier molecular flexibility index (Phi) is 5.78. The first-order valence-electron chi connectivity index (χ1n) is 8.00. The number of nitrogens with two attached hydrogens (primary N) is 1. The van der Waals surface area contributed by atoms with Gasteiger partial charge in [0.2, 0.25) is 0 Å². The molecule has 1 heterocycles. The fourth-order valence-electron chi connectivity index (χ4n) is 2.76. The van der Waals surface area contributed by atoms with Crippen LogP contribution in [-0.2, 0) is 25.6 Å². The number of amides is 1. The first-order valence-corrected chi connectivity index (χ1v) is 8.00. The van der Waals surface area contributed by atoms with Crippen molar-refractivity contribution in [1.82, 2.24) is 4.90 Å². The molecule has 0 spiro atoms. The third kappa shape index (κ3) is 3.67. The van der Waals surface area contributed by atoms with Gasteiger partial charge in [-0.3, -0.25) is 9.59 Å². The Balaban J connectivity index is 2.19. The Labute approximate surface area is 140 Å². The van der Waals surface area contributed by atoms with Crippen molar-refractivity contribution in [3.05, 3.63) is 29.3 Å². The molecule has 1 aliphatic rings. The Morgan fingerprint density at radius 3 is 2.58 bits per heavy atom. The van der Waals surface area contributed by atoms with E-state index in [2.05, 4.69) is 0 Å². The summed E-state index contributed by atoms with van der Waals surface area (Å²) < 4.78 is 9.96. The number of esters is 2. The first-order chi connectivity index (χ1) is 11.5. The summed E-state index contributed by atoms with van der Waals surface area (Å²) in [5, 5.41) is 0. The summed E-state index contributed by atoms with van der Waals surface area (Å²) >= 11 is 0. The van der Waals surface area contributed by atoms with Crippen molar-refractivity contribution in [3.63, 3.8) is 0 Å². The molecule has 1 aromatic carbocycles. The number of carbonyl (C=O) groups excluding carboxylic acids is 3. The molecular weight excluding hydrogens is 312 g/mol. The molecule has 1 unspecified atom stereocenters. The number of benzene rings is 1. The van der Waals surface area contributed by atoms with E-state index in [1.807, 2.05) is 0 Å². The number of anilines is 1. The SMILES string of the molecule is CCOC(=O)CCC(C(=O)OCC)N1Cc2c(N)cccc2C1=O. The van der Waals surface area contributed by atoms with E-state index in [-0.39, 0.29) is 38.5 Å². The van der Waals surface area contributed by atoms with E-state index < -0.39 is 18.0 Å². The topological polar surface area (TPSA) is 98.9 Å². The minimum absolute atomic E-state index is 0.0347. The standard InChI is InChI=1S/C17H22N2O5/c1-3-23-15(20)9-8-14(17(22)24-4-2)19-10-12-11(16(19)21)6-5-7-13(12)18/h5-7,14H,3-4,8-10,18H2,1-2H3. The monoisotopic (exact) mass is 334 g/mol. The average Bonchev–Trinajstić information content (AvgIpc) is 2.87. The van der Waals surface area contributed by atoms with E-state index in [1.165, 1.54) is 4.90 Å². The van der Waals surface area contributed by atoms with Gasteiger partial charge in [-0.2, -0.15) is 0 Å². The summed E-state index contributed by atoms with van der Waals surface area (Å²) in [6, 6.07) is 4.26. The quantitative estimate of drug-likeness (QED) is 0.599. The van der Waals surface area contributed by atoms with E-state index in [0.717, 1.165) is 0 Å². The molecule has 2 rings (SSSR count). The van der Waals surface area contributed by atoms with Gasteiger partial charge in [0.15, 0.2) is 0 Å². The molecule has 0 saturated heterocycles. The molecule has 0 bridgehead atoms. The van der Waals surface area contributed by atoms with Crippen LogP contribution in [0.3, 0.4) is 0 Å². The molecule has 0 radical (unpaired) electrons. The normalized spacial score (nSPS) is 14.2. The predicted molar refractivity (Wildman–Crippen MR) is 87.0 cm³/mol. The Morgan fingerprint density at radius 1 is 1.25 bits per heavy atom. The van der Waals surface area contributed by atoms with E-state index in [1.54, 1.807) is 32.0 Å². The van der Waals surface area contributed by atoms with Gasteiger partial charge >= 0.3 is 11.9 Å². The maximum atomic E-state index is 12.6. The number of hydrogen-bond acceptors (Lipinski definition) is 6. The molecule has 1 atom stereocenters. The lowest BCUT2D eigenvalue weighted by Gasteiger charge is -2.25. The Hall–Kier alpha value is -2.57. The van der Waals surface area contributed by atoms with Gasteiger partial charge in [-0.25, -0.2) is 4.79 Å². The van der Waals surface area contributed by atoms with Gasteiger partial charge in [0.05, 0.1) is 13.2 Å². The number of fused-ring (bicyclic) bond motifs is 1. The lowest BCUT2D eigenvalue weighted by molar-refractivity contribution is -0.150. The van der Waals surface area contributed by atoms with E-state index in [0.29, 0.717) is 16.8 Å². The van der Waals surface area contributed by atoms with Crippen LogP contribution in [0.25, 0.3) is 0 Å². The minimum Gasteiger partial charge on any atom is -0.466 e. The predicted octanol–water partition coefficient (Wildman–Crippen LogP) is 1.50. The van der Waals surface area contributed by atoms with Crippen molar-refractivity contribution in [2.75, 3.05) is 18.9 Å². The van der Waals surface area contributed by atoms with Gasteiger partial charge < -0.3 is 20.1 Å². The summed E-state index contributed by atoms with van der Waals surface area (Å²) in [7, 11) is 0. The molecular formula is C17H22N2O5. The van der Waals surface area contributed by atoms with E-state index in [4.69, 9.17) is 15.2 Å². The molecule has 0 fully saturated rings. The van der Waals surface area contributed by atoms with Crippen molar-refractivity contribution >= 4 is 23.5 Å². The zero-order valence-corrected chi connectivity index (χ0v) is 13.9. The zero-order valence-electron chi connectivity index (χ0n) is 13.9. The van der Waals surface area contributed by atoms with E-state index in [9.17, 15) is 14.4 Å². The number of ether oxygens (including phenoxy) is 2. The minimum atomic E-state index is -0.839. The molecule has 1 amide bonds. The second kappa shape index (κ2) is 7.81. The fraction of sp³-hybridized carbons (Fsp3) is 0.471. The number of nitrogens with zero attached hydrogens (tertiary/aromatic N) is 1. The third-order valence-electron chi connectivity index (χ3n) is 3.89. The molecule has 2 N–H and O–H groups in total. The summed E-state index contributed by atoms with van der Waals surface area (Å²) in [6.45, 7) is 4.11. The van der Waals surface area contributed by atoms with Crippen molar-refractivity contribution < 1.29 is 23.9 Å². The maximum Gasteiger partial charge on any atom is 0.328 e. The molecule has 7 nitrogen and oxygen atoms in total. The maximum absolute atomic E-state index is 12.6. The lowest BCUT2D eigenvalue weighted by atomic mass is 10.1. The van der Waals surface area contributed by atoms with Crippen LogP contribution in [0, 0.1) is 0 Å². The summed E-state index contributed by atoms with van der Waals surface area (Å²) in [6.07, 6.45) is 0.185. The first kappa shape index (κ1) is 17.8. The van der Waals surface area contributed by atoms with Crippen LogP contribution in [-0.4, -0.2) is 42.0 Å². The molecule has 0 aliphatic carbocycles. The van der Waals surface area contributed by atoms with Crippen LogP contribution in [0.1, 0.15) is 42.6 Å². The molecule has 0 saturated carbocycles. The highest BCUT2D eigenvalue weighted by atomic mass is 16.5. The molecule has 130 valence electrons. The van der Waals surface area contributed by atoms with Crippen LogP contribution in [0.15, 0.2) is 18.2 Å². The van der Waals surface area contributed by atoms with Crippen molar-refractivity contribution in [1.29, 1.82) is 0 Å². The van der Waals surface area contributed by atoms with Gasteiger partial charge in [-0.1, -0.05) is 6.07 Å². The lowest BCUT2D eigenvalue weighted by Crippen LogP contribution is -2.42.